The zero-order chi connectivity index (χ0) is 15.0. The summed E-state index contributed by atoms with van der Waals surface area (Å²) in [6, 6.07) is 12.0. The number of phenolic OH excluding ortho intramolecular Hbond substituents is 1. The van der Waals surface area contributed by atoms with Crippen molar-refractivity contribution in [2.45, 2.75) is 26.3 Å². The van der Waals surface area contributed by atoms with Gasteiger partial charge in [0, 0.05) is 18.5 Å². The van der Waals surface area contributed by atoms with Gasteiger partial charge in [0.1, 0.15) is 17.4 Å². The molecule has 108 valence electrons. The monoisotopic (exact) mass is 284 g/mol. The smallest absolute Gasteiger partial charge is 0.125 e. The standard InChI is InChI=1S/C17H17FN2O/c1-11(2)20-16-7-6-13(18)10-15(16)19-17(20)9-12-4-3-5-14(21)8-12/h3-8,10-11,21H,9H2,1-2H3. The Morgan fingerprint density at radius 3 is 2.71 bits per heavy atom. The predicted molar refractivity (Wildman–Crippen MR) is 81.0 cm³/mol. The molecule has 3 aromatic rings. The van der Waals surface area contributed by atoms with Crippen LogP contribution in [0.1, 0.15) is 31.3 Å². The highest BCUT2D eigenvalue weighted by molar-refractivity contribution is 5.76. The second kappa shape index (κ2) is 5.20. The van der Waals surface area contributed by atoms with Crippen molar-refractivity contribution in [3.63, 3.8) is 0 Å². The van der Waals surface area contributed by atoms with Gasteiger partial charge in [-0.25, -0.2) is 9.37 Å². The van der Waals surface area contributed by atoms with E-state index in [9.17, 15) is 9.50 Å². The third-order valence-corrected chi connectivity index (χ3v) is 3.51. The van der Waals surface area contributed by atoms with Crippen molar-refractivity contribution in [1.82, 2.24) is 9.55 Å². The molecular formula is C17H17FN2O. The summed E-state index contributed by atoms with van der Waals surface area (Å²) in [5.74, 6) is 0.835. The lowest BCUT2D eigenvalue weighted by molar-refractivity contribution is 0.474. The van der Waals surface area contributed by atoms with E-state index in [1.165, 1.54) is 12.1 Å². The van der Waals surface area contributed by atoms with E-state index in [4.69, 9.17) is 0 Å². The molecule has 0 atom stereocenters. The van der Waals surface area contributed by atoms with Crippen LogP contribution >= 0.6 is 0 Å². The number of rotatable bonds is 3. The summed E-state index contributed by atoms with van der Waals surface area (Å²) < 4.78 is 15.5. The Morgan fingerprint density at radius 1 is 1.19 bits per heavy atom. The van der Waals surface area contributed by atoms with Crippen molar-refractivity contribution in [2.24, 2.45) is 0 Å². The lowest BCUT2D eigenvalue weighted by Gasteiger charge is -2.13. The lowest BCUT2D eigenvalue weighted by Crippen LogP contribution is -2.06. The van der Waals surface area contributed by atoms with Gasteiger partial charge in [0.25, 0.3) is 0 Å². The minimum Gasteiger partial charge on any atom is -0.508 e. The first kappa shape index (κ1) is 13.6. The van der Waals surface area contributed by atoms with E-state index >= 15 is 0 Å². The van der Waals surface area contributed by atoms with Crippen LogP contribution < -0.4 is 0 Å². The molecule has 0 amide bonds. The van der Waals surface area contributed by atoms with Crippen molar-refractivity contribution in [1.29, 1.82) is 0 Å². The molecule has 0 saturated carbocycles. The van der Waals surface area contributed by atoms with Gasteiger partial charge in [-0.3, -0.25) is 0 Å². The number of aromatic nitrogens is 2. The third-order valence-electron chi connectivity index (χ3n) is 3.51. The molecule has 0 aliphatic heterocycles. The van der Waals surface area contributed by atoms with Gasteiger partial charge in [0.2, 0.25) is 0 Å². The lowest BCUT2D eigenvalue weighted by atomic mass is 10.1. The molecule has 3 rings (SSSR count). The molecular weight excluding hydrogens is 267 g/mol. The molecule has 0 bridgehead atoms. The number of phenols is 1. The number of fused-ring (bicyclic) bond motifs is 1. The van der Waals surface area contributed by atoms with Gasteiger partial charge in [-0.15, -0.1) is 0 Å². The number of hydrogen-bond acceptors (Lipinski definition) is 2. The highest BCUT2D eigenvalue weighted by Gasteiger charge is 2.14. The summed E-state index contributed by atoms with van der Waals surface area (Å²) in [5.41, 5.74) is 2.58. The summed E-state index contributed by atoms with van der Waals surface area (Å²) in [6.45, 7) is 4.16. The van der Waals surface area contributed by atoms with Gasteiger partial charge < -0.3 is 9.67 Å². The topological polar surface area (TPSA) is 38.0 Å². The first-order chi connectivity index (χ1) is 10.0. The third kappa shape index (κ3) is 2.61. The molecule has 1 heterocycles. The molecule has 2 aromatic carbocycles. The molecule has 0 saturated heterocycles. The van der Waals surface area contributed by atoms with Gasteiger partial charge in [-0.05, 0) is 43.7 Å². The maximum Gasteiger partial charge on any atom is 0.125 e. The first-order valence-corrected chi connectivity index (χ1v) is 6.99. The number of hydrogen-bond donors (Lipinski definition) is 1. The van der Waals surface area contributed by atoms with Crippen molar-refractivity contribution in [2.75, 3.05) is 0 Å². The zero-order valence-electron chi connectivity index (χ0n) is 12.0. The molecule has 21 heavy (non-hydrogen) atoms. The average Bonchev–Trinajstić information content (AvgIpc) is 2.75. The molecule has 0 fully saturated rings. The number of aromatic hydroxyl groups is 1. The van der Waals surface area contributed by atoms with Gasteiger partial charge in [-0.2, -0.15) is 0 Å². The molecule has 0 aliphatic rings. The molecule has 0 unspecified atom stereocenters. The zero-order valence-corrected chi connectivity index (χ0v) is 12.0. The largest absolute Gasteiger partial charge is 0.508 e. The number of benzene rings is 2. The highest BCUT2D eigenvalue weighted by atomic mass is 19.1. The Bertz CT molecular complexity index is 793. The fourth-order valence-electron chi connectivity index (χ4n) is 2.67. The van der Waals surface area contributed by atoms with Crippen LogP contribution in [-0.4, -0.2) is 14.7 Å². The summed E-state index contributed by atoms with van der Waals surface area (Å²) in [6.07, 6.45) is 0.600. The van der Waals surface area contributed by atoms with E-state index in [0.717, 1.165) is 16.9 Å². The maximum atomic E-state index is 13.4. The van der Waals surface area contributed by atoms with Crippen LogP contribution in [0.25, 0.3) is 11.0 Å². The molecule has 3 nitrogen and oxygen atoms in total. The van der Waals surface area contributed by atoms with Crippen LogP contribution in [0.15, 0.2) is 42.5 Å². The Kier molecular flexibility index (Phi) is 3.37. The fourth-order valence-corrected chi connectivity index (χ4v) is 2.67. The first-order valence-electron chi connectivity index (χ1n) is 6.99. The second-order valence-corrected chi connectivity index (χ2v) is 5.47. The van der Waals surface area contributed by atoms with Crippen molar-refractivity contribution in [3.05, 3.63) is 59.7 Å². The molecule has 0 spiro atoms. The van der Waals surface area contributed by atoms with Gasteiger partial charge in [0.15, 0.2) is 0 Å². The van der Waals surface area contributed by atoms with Crippen LogP contribution in [0.2, 0.25) is 0 Å². The number of nitrogens with zero attached hydrogens (tertiary/aromatic N) is 2. The van der Waals surface area contributed by atoms with E-state index in [1.54, 1.807) is 18.2 Å². The van der Waals surface area contributed by atoms with E-state index in [0.29, 0.717) is 11.9 Å². The Balaban J connectivity index is 2.10. The van der Waals surface area contributed by atoms with E-state index < -0.39 is 0 Å². The fraction of sp³-hybridized carbons (Fsp3) is 0.235. The molecule has 0 aliphatic carbocycles. The van der Waals surface area contributed by atoms with E-state index in [2.05, 4.69) is 23.4 Å². The van der Waals surface area contributed by atoms with Crippen LogP contribution in [0.5, 0.6) is 5.75 Å². The quantitative estimate of drug-likeness (QED) is 0.788. The summed E-state index contributed by atoms with van der Waals surface area (Å²) in [7, 11) is 0. The van der Waals surface area contributed by atoms with Crippen molar-refractivity contribution in [3.8, 4) is 5.75 Å². The van der Waals surface area contributed by atoms with Crippen molar-refractivity contribution < 1.29 is 9.50 Å². The Labute approximate surface area is 122 Å². The second-order valence-electron chi connectivity index (χ2n) is 5.47. The van der Waals surface area contributed by atoms with Crippen LogP contribution in [0.3, 0.4) is 0 Å². The average molecular weight is 284 g/mol. The van der Waals surface area contributed by atoms with Gasteiger partial charge in [-0.1, -0.05) is 12.1 Å². The van der Waals surface area contributed by atoms with Crippen LogP contribution in [-0.2, 0) is 6.42 Å². The SMILES string of the molecule is CC(C)n1c(Cc2cccc(O)c2)nc2cc(F)ccc21. The minimum atomic E-state index is -0.278. The van der Waals surface area contributed by atoms with Crippen LogP contribution in [0, 0.1) is 5.82 Å². The van der Waals surface area contributed by atoms with E-state index in [1.807, 2.05) is 12.1 Å². The van der Waals surface area contributed by atoms with Crippen LogP contribution in [0.4, 0.5) is 4.39 Å². The summed E-state index contributed by atoms with van der Waals surface area (Å²) >= 11 is 0. The molecule has 0 radical (unpaired) electrons. The molecule has 1 N–H and O–H groups in total. The maximum absolute atomic E-state index is 13.4. The summed E-state index contributed by atoms with van der Waals surface area (Å²) in [5, 5.41) is 9.57. The Hall–Kier alpha value is -2.36. The molecule has 1 aromatic heterocycles. The van der Waals surface area contributed by atoms with Gasteiger partial charge >= 0.3 is 0 Å². The predicted octanol–water partition coefficient (Wildman–Crippen LogP) is 4.05. The number of halogens is 1. The Morgan fingerprint density at radius 2 is 2.00 bits per heavy atom. The molecule has 4 heteroatoms. The number of imidazole rings is 1. The van der Waals surface area contributed by atoms with Crippen molar-refractivity contribution >= 4 is 11.0 Å². The minimum absolute atomic E-state index is 0.229. The highest BCUT2D eigenvalue weighted by Crippen LogP contribution is 2.24. The van der Waals surface area contributed by atoms with Gasteiger partial charge in [0.05, 0.1) is 11.0 Å². The summed E-state index contributed by atoms with van der Waals surface area (Å²) in [4.78, 5) is 4.56. The van der Waals surface area contributed by atoms with E-state index in [-0.39, 0.29) is 17.6 Å². The normalized spacial score (nSPS) is 11.4.